The summed E-state index contributed by atoms with van der Waals surface area (Å²) in [6, 6.07) is 23.2. The number of aliphatic carboxylic acids is 1. The fraction of sp³-hybridized carbons (Fsp3) is 0.324. The van der Waals surface area contributed by atoms with Crippen molar-refractivity contribution < 1.29 is 43.3 Å². The van der Waals surface area contributed by atoms with Crippen LogP contribution in [0.15, 0.2) is 84.9 Å². The molecular weight excluding hydrogens is 580 g/mol. The molecule has 2 amide bonds. The second-order valence-electron chi connectivity index (χ2n) is 10.2. The molecule has 0 heterocycles. The van der Waals surface area contributed by atoms with Crippen molar-refractivity contribution in [3.05, 3.63) is 102 Å². The summed E-state index contributed by atoms with van der Waals surface area (Å²) in [6.45, 7) is 2.32. The highest BCUT2D eigenvalue weighted by atomic mass is 16.6. The first-order valence-electron chi connectivity index (χ1n) is 14.7. The zero-order valence-corrected chi connectivity index (χ0v) is 25.1. The highest BCUT2D eigenvalue weighted by molar-refractivity contribution is 5.98. The van der Waals surface area contributed by atoms with Gasteiger partial charge in [-0.15, -0.1) is 0 Å². The Bertz CT molecular complexity index is 1340. The summed E-state index contributed by atoms with van der Waals surface area (Å²) in [6.07, 6.45) is 0.256. The molecule has 3 N–H and O–H groups in total. The quantitative estimate of drug-likeness (QED) is 0.110. The molecule has 0 bridgehead atoms. The summed E-state index contributed by atoms with van der Waals surface area (Å²) in [5, 5.41) is 14.2. The number of rotatable bonds is 18. The molecule has 1 atom stereocenters. The van der Waals surface area contributed by atoms with Gasteiger partial charge in [0.1, 0.15) is 31.4 Å². The van der Waals surface area contributed by atoms with Crippen LogP contribution < -0.4 is 15.4 Å². The summed E-state index contributed by atoms with van der Waals surface area (Å²) in [5.41, 5.74) is 2.07. The van der Waals surface area contributed by atoms with Gasteiger partial charge in [0.2, 0.25) is 11.8 Å². The maximum Gasteiger partial charge on any atom is 0.359 e. The minimum absolute atomic E-state index is 0.0624. The number of hydrogen-bond donors (Lipinski definition) is 3. The summed E-state index contributed by atoms with van der Waals surface area (Å²) in [7, 11) is 0. The first-order valence-corrected chi connectivity index (χ1v) is 14.7. The van der Waals surface area contributed by atoms with Crippen LogP contribution in [0.2, 0.25) is 0 Å². The second-order valence-corrected chi connectivity index (χ2v) is 10.2. The summed E-state index contributed by atoms with van der Waals surface area (Å²) in [4.78, 5) is 61.9. The molecule has 0 radical (unpaired) electrons. The number of carbonyl (C=O) groups is 5. The van der Waals surface area contributed by atoms with E-state index in [0.717, 1.165) is 30.4 Å². The molecule has 0 aliphatic heterocycles. The monoisotopic (exact) mass is 618 g/mol. The van der Waals surface area contributed by atoms with Crippen molar-refractivity contribution in [3.63, 3.8) is 0 Å². The Balaban J connectivity index is 1.70. The van der Waals surface area contributed by atoms with Crippen LogP contribution in [0.5, 0.6) is 5.75 Å². The average molecular weight is 619 g/mol. The molecule has 0 aliphatic rings. The van der Waals surface area contributed by atoms with Crippen molar-refractivity contribution in [2.24, 2.45) is 0 Å². The number of carbonyl (C=O) groups excluding carboxylic acids is 4. The molecule has 3 aromatic rings. The maximum atomic E-state index is 13.0. The molecule has 0 aliphatic carbocycles. The van der Waals surface area contributed by atoms with Crippen LogP contribution in [-0.2, 0) is 53.1 Å². The van der Waals surface area contributed by atoms with Crippen molar-refractivity contribution >= 4 is 29.7 Å². The van der Waals surface area contributed by atoms with Crippen LogP contribution >= 0.6 is 0 Å². The Hall–Kier alpha value is -5.19. The SMILES string of the molecule is CCCCCNC(=O)[C@H](Cc1ccc(OC(C(=O)OCc2ccccc2)C(=O)OCc2ccccc2)cc1)NC(=O)CC(=O)O. The largest absolute Gasteiger partial charge is 0.481 e. The molecule has 0 fully saturated rings. The molecular formula is C34H38N2O9. The van der Waals surface area contributed by atoms with Crippen molar-refractivity contribution in [1.82, 2.24) is 10.6 Å². The van der Waals surface area contributed by atoms with Crippen LogP contribution in [0.4, 0.5) is 0 Å². The first-order chi connectivity index (χ1) is 21.7. The molecule has 0 saturated carbocycles. The fourth-order valence-electron chi connectivity index (χ4n) is 4.18. The van der Waals surface area contributed by atoms with E-state index in [0.29, 0.717) is 12.1 Å². The number of carboxylic acid groups (broad SMARTS) is 1. The predicted octanol–water partition coefficient (Wildman–Crippen LogP) is 3.73. The molecule has 3 rings (SSSR count). The van der Waals surface area contributed by atoms with Gasteiger partial charge in [0, 0.05) is 13.0 Å². The van der Waals surface area contributed by atoms with Crippen LogP contribution in [0.25, 0.3) is 0 Å². The van der Waals surface area contributed by atoms with Crippen LogP contribution in [0.1, 0.15) is 49.3 Å². The van der Waals surface area contributed by atoms with Gasteiger partial charge in [-0.05, 0) is 35.2 Å². The van der Waals surface area contributed by atoms with E-state index >= 15 is 0 Å². The van der Waals surface area contributed by atoms with Gasteiger partial charge in [-0.1, -0.05) is 92.6 Å². The Kier molecular flexibility index (Phi) is 14.1. The van der Waals surface area contributed by atoms with E-state index in [1.54, 1.807) is 60.7 Å². The van der Waals surface area contributed by atoms with Crippen LogP contribution in [0, 0.1) is 0 Å². The molecule has 0 aromatic heterocycles. The van der Waals surface area contributed by atoms with Crippen LogP contribution in [-0.4, -0.2) is 53.5 Å². The van der Waals surface area contributed by atoms with Gasteiger partial charge in [-0.3, -0.25) is 14.4 Å². The predicted molar refractivity (Wildman–Crippen MR) is 164 cm³/mol. The topological polar surface area (TPSA) is 157 Å². The molecule has 0 spiro atoms. The average Bonchev–Trinajstić information content (AvgIpc) is 3.04. The molecule has 3 aromatic carbocycles. The lowest BCUT2D eigenvalue weighted by molar-refractivity contribution is -0.168. The zero-order chi connectivity index (χ0) is 32.4. The van der Waals surface area contributed by atoms with Crippen molar-refractivity contribution in [1.29, 1.82) is 0 Å². The van der Waals surface area contributed by atoms with E-state index in [9.17, 15) is 24.0 Å². The number of ether oxygens (including phenoxy) is 3. The molecule has 0 saturated heterocycles. The standard InChI is InChI=1S/C34H38N2O9/c1-2-3-10-19-35-32(40)28(36-29(37)21-30(38)39)20-24-15-17-27(18-16-24)45-31(33(41)43-22-25-11-6-4-7-12-25)34(42)44-23-26-13-8-5-9-14-26/h4-9,11-18,28,31H,2-3,10,19-23H2,1H3,(H,35,40)(H,36,37)(H,38,39)/t28-/m0/s1. The van der Waals surface area contributed by atoms with Crippen molar-refractivity contribution in [2.75, 3.05) is 6.54 Å². The van der Waals surface area contributed by atoms with E-state index in [-0.39, 0.29) is 25.4 Å². The van der Waals surface area contributed by atoms with Gasteiger partial charge in [-0.25, -0.2) is 9.59 Å². The first kappa shape index (κ1) is 34.3. The van der Waals surface area contributed by atoms with E-state index in [4.69, 9.17) is 19.3 Å². The number of esters is 2. The van der Waals surface area contributed by atoms with Crippen molar-refractivity contribution in [2.45, 2.75) is 64.4 Å². The summed E-state index contributed by atoms with van der Waals surface area (Å²) >= 11 is 0. The third-order valence-corrected chi connectivity index (χ3v) is 6.54. The minimum atomic E-state index is -1.71. The Morgan fingerprint density at radius 2 is 1.29 bits per heavy atom. The van der Waals surface area contributed by atoms with E-state index in [2.05, 4.69) is 10.6 Å². The van der Waals surface area contributed by atoms with Gasteiger partial charge in [0.25, 0.3) is 6.10 Å². The van der Waals surface area contributed by atoms with E-state index in [1.165, 1.54) is 12.1 Å². The van der Waals surface area contributed by atoms with Gasteiger partial charge >= 0.3 is 17.9 Å². The summed E-state index contributed by atoms with van der Waals surface area (Å²) < 4.78 is 16.5. The lowest BCUT2D eigenvalue weighted by Gasteiger charge is -2.19. The van der Waals surface area contributed by atoms with Gasteiger partial charge in [0.15, 0.2) is 0 Å². The number of amides is 2. The number of unbranched alkanes of at least 4 members (excludes halogenated alkanes) is 2. The Labute approximate surface area is 261 Å². The third kappa shape index (κ3) is 12.5. The molecule has 0 unspecified atom stereocenters. The molecule has 11 heteroatoms. The maximum absolute atomic E-state index is 13.0. The Morgan fingerprint density at radius 1 is 0.733 bits per heavy atom. The highest BCUT2D eigenvalue weighted by Gasteiger charge is 2.33. The fourth-order valence-corrected chi connectivity index (χ4v) is 4.18. The van der Waals surface area contributed by atoms with Gasteiger partial charge in [-0.2, -0.15) is 0 Å². The van der Waals surface area contributed by atoms with Crippen molar-refractivity contribution in [3.8, 4) is 5.75 Å². The van der Waals surface area contributed by atoms with Gasteiger partial charge < -0.3 is 30.0 Å². The Morgan fingerprint density at radius 3 is 1.80 bits per heavy atom. The molecule has 45 heavy (non-hydrogen) atoms. The zero-order valence-electron chi connectivity index (χ0n) is 25.1. The number of carboxylic acids is 1. The lowest BCUT2D eigenvalue weighted by Crippen LogP contribution is -2.48. The van der Waals surface area contributed by atoms with E-state index < -0.39 is 48.3 Å². The highest BCUT2D eigenvalue weighted by Crippen LogP contribution is 2.18. The summed E-state index contributed by atoms with van der Waals surface area (Å²) in [5.74, 6) is -4.23. The molecule has 11 nitrogen and oxygen atoms in total. The number of hydrogen-bond acceptors (Lipinski definition) is 8. The number of nitrogens with one attached hydrogen (secondary N) is 2. The number of benzene rings is 3. The third-order valence-electron chi connectivity index (χ3n) is 6.54. The lowest BCUT2D eigenvalue weighted by atomic mass is 10.0. The van der Waals surface area contributed by atoms with Crippen LogP contribution in [0.3, 0.4) is 0 Å². The molecule has 238 valence electrons. The second kappa shape index (κ2) is 18.5. The normalized spacial score (nSPS) is 11.2. The van der Waals surface area contributed by atoms with Gasteiger partial charge in [0.05, 0.1) is 0 Å². The smallest absolute Gasteiger partial charge is 0.359 e. The minimum Gasteiger partial charge on any atom is -0.481 e. The van der Waals surface area contributed by atoms with E-state index in [1.807, 2.05) is 19.1 Å².